The largest absolute Gasteiger partial charge is 0.491 e. The van der Waals surface area contributed by atoms with Gasteiger partial charge < -0.3 is 4.74 Å². The quantitative estimate of drug-likeness (QED) is 0.561. The van der Waals surface area contributed by atoms with Crippen molar-refractivity contribution in [3.05, 3.63) is 28.8 Å². The summed E-state index contributed by atoms with van der Waals surface area (Å²) in [7, 11) is 0. The lowest BCUT2D eigenvalue weighted by Gasteiger charge is -2.05. The molecule has 1 aromatic carbocycles. The minimum atomic E-state index is 0.410. The van der Waals surface area contributed by atoms with Crippen LogP contribution in [0.3, 0.4) is 0 Å². The van der Waals surface area contributed by atoms with E-state index in [0.29, 0.717) is 29.4 Å². The van der Waals surface area contributed by atoms with Crippen LogP contribution in [-0.2, 0) is 0 Å². The van der Waals surface area contributed by atoms with Gasteiger partial charge in [0.1, 0.15) is 11.8 Å². The molecule has 0 radical (unpaired) electrons. The number of hydrogen-bond donors (Lipinski definition) is 0. The molecule has 0 saturated carbocycles. The van der Waals surface area contributed by atoms with Gasteiger partial charge in [-0.3, -0.25) is 0 Å². The highest BCUT2D eigenvalue weighted by Crippen LogP contribution is 2.21. The van der Waals surface area contributed by atoms with Crippen molar-refractivity contribution in [2.45, 2.75) is 6.42 Å². The summed E-state index contributed by atoms with van der Waals surface area (Å²) in [5, 5.41) is 9.29. The summed E-state index contributed by atoms with van der Waals surface area (Å²) in [6.45, 7) is 0.410. The molecular weight excluding hydrogens is 198 g/mol. The van der Waals surface area contributed by atoms with Crippen molar-refractivity contribution in [1.82, 2.24) is 0 Å². The van der Waals surface area contributed by atoms with Gasteiger partial charge >= 0.3 is 0 Å². The first-order chi connectivity index (χ1) is 6.77. The fourth-order valence-electron chi connectivity index (χ4n) is 0.935. The fourth-order valence-corrected chi connectivity index (χ4v) is 1.11. The van der Waals surface area contributed by atoms with E-state index in [0.717, 1.165) is 0 Å². The summed E-state index contributed by atoms with van der Waals surface area (Å²) in [4.78, 5) is 0. The zero-order valence-corrected chi connectivity index (χ0v) is 8.21. The Kier molecular flexibility index (Phi) is 3.85. The van der Waals surface area contributed by atoms with Gasteiger partial charge in [-0.1, -0.05) is 11.6 Å². The monoisotopic (exact) mass is 205 g/mol. The second-order valence-corrected chi connectivity index (χ2v) is 2.99. The molecule has 0 N–H and O–H groups in total. The van der Waals surface area contributed by atoms with Gasteiger partial charge in [-0.05, 0) is 18.2 Å². The molecule has 0 aliphatic heterocycles. The second kappa shape index (κ2) is 5.17. The number of benzene rings is 1. The molecule has 0 heterocycles. The molecular formula is C11H8ClNO. The highest BCUT2D eigenvalue weighted by molar-refractivity contribution is 6.30. The molecule has 0 unspecified atom stereocenters. The molecule has 0 fully saturated rings. The number of ether oxygens (including phenoxy) is 1. The SMILES string of the molecule is C#CCCOc1ccc(Cl)cc1C#N. The maximum absolute atomic E-state index is 8.77. The van der Waals surface area contributed by atoms with Gasteiger partial charge in [-0.2, -0.15) is 5.26 Å². The summed E-state index contributed by atoms with van der Waals surface area (Å²) in [5.41, 5.74) is 0.425. The highest BCUT2D eigenvalue weighted by Gasteiger charge is 2.02. The van der Waals surface area contributed by atoms with Gasteiger partial charge in [-0.25, -0.2) is 0 Å². The normalized spacial score (nSPS) is 8.79. The lowest BCUT2D eigenvalue weighted by atomic mass is 10.2. The fraction of sp³-hybridized carbons (Fsp3) is 0.182. The van der Waals surface area contributed by atoms with Crippen LogP contribution < -0.4 is 4.74 Å². The highest BCUT2D eigenvalue weighted by atomic mass is 35.5. The van der Waals surface area contributed by atoms with Crippen LogP contribution in [0.5, 0.6) is 5.75 Å². The van der Waals surface area contributed by atoms with Crippen LogP contribution in [0.4, 0.5) is 0 Å². The molecule has 3 heteroatoms. The Hall–Kier alpha value is -1.64. The number of nitrogens with zero attached hydrogens (tertiary/aromatic N) is 1. The molecule has 0 aliphatic carbocycles. The van der Waals surface area contributed by atoms with Crippen LogP contribution in [0.15, 0.2) is 18.2 Å². The topological polar surface area (TPSA) is 33.0 Å². The molecule has 70 valence electrons. The van der Waals surface area contributed by atoms with E-state index in [4.69, 9.17) is 28.0 Å². The van der Waals surface area contributed by atoms with Crippen LogP contribution in [-0.4, -0.2) is 6.61 Å². The zero-order chi connectivity index (χ0) is 10.4. The van der Waals surface area contributed by atoms with E-state index in [-0.39, 0.29) is 0 Å². The number of terminal acetylenes is 1. The van der Waals surface area contributed by atoms with E-state index >= 15 is 0 Å². The Morgan fingerprint density at radius 2 is 2.29 bits per heavy atom. The summed E-state index contributed by atoms with van der Waals surface area (Å²) in [6, 6.07) is 6.90. The Labute approximate surface area is 88.1 Å². The predicted octanol–water partition coefficient (Wildman–Crippen LogP) is 2.61. The first kappa shape index (κ1) is 10.4. The van der Waals surface area contributed by atoms with Crippen molar-refractivity contribution >= 4 is 11.6 Å². The molecule has 0 amide bonds. The third kappa shape index (κ3) is 2.69. The molecule has 14 heavy (non-hydrogen) atoms. The van der Waals surface area contributed by atoms with Crippen molar-refractivity contribution < 1.29 is 4.74 Å². The smallest absolute Gasteiger partial charge is 0.137 e. The van der Waals surface area contributed by atoms with Gasteiger partial charge in [0.05, 0.1) is 12.2 Å². The molecule has 0 aliphatic rings. The van der Waals surface area contributed by atoms with Crippen LogP contribution in [0.2, 0.25) is 5.02 Å². The van der Waals surface area contributed by atoms with E-state index in [1.54, 1.807) is 18.2 Å². The van der Waals surface area contributed by atoms with Gasteiger partial charge in [0.25, 0.3) is 0 Å². The lowest BCUT2D eigenvalue weighted by Crippen LogP contribution is -1.97. The van der Waals surface area contributed by atoms with E-state index in [1.807, 2.05) is 6.07 Å². The number of hydrogen-bond acceptors (Lipinski definition) is 2. The van der Waals surface area contributed by atoms with E-state index < -0.39 is 0 Å². The van der Waals surface area contributed by atoms with Crippen LogP contribution in [0.25, 0.3) is 0 Å². The molecule has 0 bridgehead atoms. The van der Waals surface area contributed by atoms with Crippen LogP contribution in [0, 0.1) is 23.7 Å². The number of nitriles is 1. The Morgan fingerprint density at radius 3 is 2.93 bits per heavy atom. The van der Waals surface area contributed by atoms with Crippen molar-refractivity contribution in [2.75, 3.05) is 6.61 Å². The molecule has 1 rings (SSSR count). The minimum absolute atomic E-state index is 0.410. The summed E-state index contributed by atoms with van der Waals surface area (Å²) in [6.07, 6.45) is 5.59. The van der Waals surface area contributed by atoms with Gasteiger partial charge in [-0.15, -0.1) is 12.3 Å². The van der Waals surface area contributed by atoms with Crippen molar-refractivity contribution in [2.24, 2.45) is 0 Å². The molecule has 0 saturated heterocycles. The molecule has 0 aromatic heterocycles. The molecule has 0 spiro atoms. The predicted molar refractivity (Wildman–Crippen MR) is 55.1 cm³/mol. The first-order valence-corrected chi connectivity index (χ1v) is 4.41. The standard InChI is InChI=1S/C11H8ClNO/c1-2-3-6-14-11-5-4-10(12)7-9(11)8-13/h1,4-5,7H,3,6H2. The van der Waals surface area contributed by atoms with E-state index in [9.17, 15) is 0 Å². The molecule has 0 atom stereocenters. The first-order valence-electron chi connectivity index (χ1n) is 4.04. The zero-order valence-electron chi connectivity index (χ0n) is 7.46. The van der Waals surface area contributed by atoms with Crippen LogP contribution >= 0.6 is 11.6 Å². The molecule has 2 nitrogen and oxygen atoms in total. The maximum Gasteiger partial charge on any atom is 0.137 e. The van der Waals surface area contributed by atoms with E-state index in [1.165, 1.54) is 0 Å². The van der Waals surface area contributed by atoms with Crippen molar-refractivity contribution in [1.29, 1.82) is 5.26 Å². The van der Waals surface area contributed by atoms with Crippen LogP contribution in [0.1, 0.15) is 12.0 Å². The Morgan fingerprint density at radius 1 is 1.50 bits per heavy atom. The average Bonchev–Trinajstić information content (AvgIpc) is 2.20. The third-order valence-corrected chi connectivity index (χ3v) is 1.80. The van der Waals surface area contributed by atoms with Gasteiger partial charge in [0, 0.05) is 11.4 Å². The minimum Gasteiger partial charge on any atom is -0.491 e. The molecule has 1 aromatic rings. The second-order valence-electron chi connectivity index (χ2n) is 2.55. The van der Waals surface area contributed by atoms with Crippen molar-refractivity contribution in [3.63, 3.8) is 0 Å². The van der Waals surface area contributed by atoms with Crippen molar-refractivity contribution in [3.8, 4) is 24.2 Å². The number of rotatable bonds is 3. The van der Waals surface area contributed by atoms with Gasteiger partial charge in [0.15, 0.2) is 0 Å². The summed E-state index contributed by atoms with van der Waals surface area (Å²) in [5.74, 6) is 2.97. The summed E-state index contributed by atoms with van der Waals surface area (Å²) >= 11 is 5.72. The average molecular weight is 206 g/mol. The third-order valence-electron chi connectivity index (χ3n) is 1.57. The lowest BCUT2D eigenvalue weighted by molar-refractivity contribution is 0.326. The summed E-state index contributed by atoms with van der Waals surface area (Å²) < 4.78 is 5.30. The van der Waals surface area contributed by atoms with Gasteiger partial charge in [0.2, 0.25) is 0 Å². The maximum atomic E-state index is 8.77. The Balaban J connectivity index is 2.78. The Bertz CT molecular complexity index is 401. The number of halogens is 1. The van der Waals surface area contributed by atoms with E-state index in [2.05, 4.69) is 5.92 Å².